The van der Waals surface area contributed by atoms with Crippen molar-refractivity contribution in [2.24, 2.45) is 5.41 Å². The molecule has 0 saturated carbocycles. The Morgan fingerprint density at radius 1 is 1.40 bits per heavy atom. The molecule has 2 heterocycles. The molecule has 80 valence electrons. The summed E-state index contributed by atoms with van der Waals surface area (Å²) in [4.78, 5) is 15.8. The fourth-order valence-electron chi connectivity index (χ4n) is 1.55. The normalized spacial score (nSPS) is 12.2. The fraction of sp³-hybridized carbons (Fsp3) is 0.455. The van der Waals surface area contributed by atoms with Crippen molar-refractivity contribution in [3.8, 4) is 0 Å². The van der Waals surface area contributed by atoms with E-state index in [1.54, 1.807) is 6.07 Å². The average molecular weight is 205 g/mol. The van der Waals surface area contributed by atoms with Crippen molar-refractivity contribution in [3.63, 3.8) is 0 Å². The van der Waals surface area contributed by atoms with E-state index in [2.05, 4.69) is 30.9 Å². The Labute approximate surface area is 87.9 Å². The zero-order valence-corrected chi connectivity index (χ0v) is 9.24. The highest BCUT2D eigenvalue weighted by atomic mass is 16.1. The number of nitrogens with zero attached hydrogens (tertiary/aromatic N) is 2. The molecule has 15 heavy (non-hydrogen) atoms. The molecule has 0 aliphatic carbocycles. The SMILES string of the molecule is CC(C)(C)Cc1nc2cccc(=O)n2[nH]1. The van der Waals surface area contributed by atoms with Gasteiger partial charge in [-0.3, -0.25) is 9.89 Å². The van der Waals surface area contributed by atoms with Crippen LogP contribution in [0.5, 0.6) is 0 Å². The number of hydrogen-bond donors (Lipinski definition) is 1. The minimum absolute atomic E-state index is 0.0693. The molecule has 0 atom stereocenters. The zero-order chi connectivity index (χ0) is 11.1. The molecule has 4 heteroatoms. The monoisotopic (exact) mass is 205 g/mol. The molecule has 0 fully saturated rings. The Hall–Kier alpha value is -1.58. The summed E-state index contributed by atoms with van der Waals surface area (Å²) in [5, 5.41) is 3.01. The van der Waals surface area contributed by atoms with E-state index in [9.17, 15) is 4.79 Å². The molecule has 0 unspecified atom stereocenters. The van der Waals surface area contributed by atoms with E-state index < -0.39 is 0 Å². The molecule has 0 saturated heterocycles. The van der Waals surface area contributed by atoms with Crippen molar-refractivity contribution in [2.75, 3.05) is 0 Å². The van der Waals surface area contributed by atoms with Crippen molar-refractivity contribution in [1.29, 1.82) is 0 Å². The van der Waals surface area contributed by atoms with Crippen LogP contribution in [-0.2, 0) is 6.42 Å². The van der Waals surface area contributed by atoms with Crippen LogP contribution in [-0.4, -0.2) is 14.6 Å². The standard InChI is InChI=1S/C11H15N3O/c1-11(2,3)7-8-12-9-5-4-6-10(15)14(9)13-8/h4-6H,7H2,1-3H3,(H,12,13). The molecule has 0 aromatic carbocycles. The summed E-state index contributed by atoms with van der Waals surface area (Å²) >= 11 is 0. The van der Waals surface area contributed by atoms with Crippen molar-refractivity contribution in [1.82, 2.24) is 14.6 Å². The highest BCUT2D eigenvalue weighted by Crippen LogP contribution is 2.18. The van der Waals surface area contributed by atoms with Gasteiger partial charge in [-0.15, -0.1) is 0 Å². The van der Waals surface area contributed by atoms with Gasteiger partial charge >= 0.3 is 0 Å². The number of H-pyrrole nitrogens is 1. The predicted molar refractivity (Wildman–Crippen MR) is 59.0 cm³/mol. The second-order valence-electron chi connectivity index (χ2n) is 4.97. The Morgan fingerprint density at radius 3 is 2.73 bits per heavy atom. The van der Waals surface area contributed by atoms with Gasteiger partial charge in [-0.05, 0) is 11.5 Å². The molecule has 0 amide bonds. The maximum absolute atomic E-state index is 11.4. The third-order valence-corrected chi connectivity index (χ3v) is 2.12. The smallest absolute Gasteiger partial charge is 0.271 e. The number of rotatable bonds is 1. The third kappa shape index (κ3) is 2.09. The average Bonchev–Trinajstić information content (AvgIpc) is 2.45. The van der Waals surface area contributed by atoms with E-state index in [0.29, 0.717) is 5.65 Å². The van der Waals surface area contributed by atoms with Crippen LogP contribution in [0.4, 0.5) is 0 Å². The van der Waals surface area contributed by atoms with E-state index in [1.165, 1.54) is 10.6 Å². The van der Waals surface area contributed by atoms with Gasteiger partial charge in [0.15, 0.2) is 5.65 Å². The Morgan fingerprint density at radius 2 is 2.13 bits per heavy atom. The van der Waals surface area contributed by atoms with Gasteiger partial charge in [0.1, 0.15) is 5.82 Å². The number of pyridine rings is 1. The first-order valence-corrected chi connectivity index (χ1v) is 5.02. The number of nitrogens with one attached hydrogen (secondary N) is 1. The van der Waals surface area contributed by atoms with E-state index in [1.807, 2.05) is 6.07 Å². The maximum Gasteiger partial charge on any atom is 0.271 e. The molecule has 0 bridgehead atoms. The van der Waals surface area contributed by atoms with Gasteiger partial charge in [-0.2, -0.15) is 0 Å². The lowest BCUT2D eigenvalue weighted by atomic mass is 9.92. The largest absolute Gasteiger partial charge is 0.276 e. The molecule has 0 aliphatic rings. The summed E-state index contributed by atoms with van der Waals surface area (Å²) in [7, 11) is 0. The van der Waals surface area contributed by atoms with Gasteiger partial charge in [0.25, 0.3) is 5.56 Å². The lowest BCUT2D eigenvalue weighted by molar-refractivity contribution is 0.400. The molecule has 2 rings (SSSR count). The van der Waals surface area contributed by atoms with Gasteiger partial charge in [-0.1, -0.05) is 26.8 Å². The van der Waals surface area contributed by atoms with Crippen molar-refractivity contribution in [3.05, 3.63) is 34.4 Å². The highest BCUT2D eigenvalue weighted by molar-refractivity contribution is 5.36. The van der Waals surface area contributed by atoms with Crippen LogP contribution in [0.1, 0.15) is 26.6 Å². The summed E-state index contributed by atoms with van der Waals surface area (Å²) in [6.45, 7) is 6.43. The van der Waals surface area contributed by atoms with Crippen LogP contribution in [0.25, 0.3) is 5.65 Å². The molecular weight excluding hydrogens is 190 g/mol. The van der Waals surface area contributed by atoms with Crippen LogP contribution >= 0.6 is 0 Å². The summed E-state index contributed by atoms with van der Waals surface area (Å²) in [6, 6.07) is 5.06. The third-order valence-electron chi connectivity index (χ3n) is 2.12. The first-order chi connectivity index (χ1) is 6.96. The number of fused-ring (bicyclic) bond motifs is 1. The Bertz CT molecular complexity index is 530. The quantitative estimate of drug-likeness (QED) is 0.769. The van der Waals surface area contributed by atoms with E-state index in [4.69, 9.17) is 0 Å². The topological polar surface area (TPSA) is 50.2 Å². The second kappa shape index (κ2) is 3.22. The lowest BCUT2D eigenvalue weighted by Gasteiger charge is -2.15. The number of hydrogen-bond acceptors (Lipinski definition) is 2. The zero-order valence-electron chi connectivity index (χ0n) is 9.24. The van der Waals surface area contributed by atoms with Crippen LogP contribution in [0, 0.1) is 5.41 Å². The van der Waals surface area contributed by atoms with Crippen molar-refractivity contribution >= 4 is 5.65 Å². The predicted octanol–water partition coefficient (Wildman–Crippen LogP) is 1.61. The molecule has 2 aromatic rings. The first kappa shape index (κ1) is 9.96. The second-order valence-corrected chi connectivity index (χ2v) is 4.97. The van der Waals surface area contributed by atoms with Crippen molar-refractivity contribution in [2.45, 2.75) is 27.2 Å². The molecule has 0 spiro atoms. The molecule has 1 N–H and O–H groups in total. The molecule has 0 radical (unpaired) electrons. The van der Waals surface area contributed by atoms with Gasteiger partial charge < -0.3 is 0 Å². The van der Waals surface area contributed by atoms with Crippen LogP contribution in [0.15, 0.2) is 23.0 Å². The Kier molecular flexibility index (Phi) is 2.14. The molecule has 2 aromatic heterocycles. The summed E-state index contributed by atoms with van der Waals surface area (Å²) in [5.74, 6) is 0.853. The van der Waals surface area contributed by atoms with Crippen LogP contribution in [0.3, 0.4) is 0 Å². The minimum atomic E-state index is -0.0693. The molecule has 4 nitrogen and oxygen atoms in total. The van der Waals surface area contributed by atoms with Gasteiger partial charge in [0, 0.05) is 12.5 Å². The lowest BCUT2D eigenvalue weighted by Crippen LogP contribution is -2.13. The fourth-order valence-corrected chi connectivity index (χ4v) is 1.55. The minimum Gasteiger partial charge on any atom is -0.276 e. The van der Waals surface area contributed by atoms with Gasteiger partial charge in [0.05, 0.1) is 0 Å². The van der Waals surface area contributed by atoms with E-state index in [0.717, 1.165) is 12.2 Å². The maximum atomic E-state index is 11.4. The summed E-state index contributed by atoms with van der Waals surface area (Å²) < 4.78 is 1.47. The van der Waals surface area contributed by atoms with Crippen molar-refractivity contribution < 1.29 is 0 Å². The highest BCUT2D eigenvalue weighted by Gasteiger charge is 2.14. The number of aromatic nitrogens is 3. The Balaban J connectivity index is 2.48. The summed E-state index contributed by atoms with van der Waals surface area (Å²) in [6.07, 6.45) is 0.827. The number of aromatic amines is 1. The first-order valence-electron chi connectivity index (χ1n) is 5.02. The summed E-state index contributed by atoms with van der Waals surface area (Å²) in [5.41, 5.74) is 0.777. The molecule has 0 aliphatic heterocycles. The van der Waals surface area contributed by atoms with E-state index in [-0.39, 0.29) is 11.0 Å². The van der Waals surface area contributed by atoms with Crippen LogP contribution in [0.2, 0.25) is 0 Å². The molecular formula is C11H15N3O. The van der Waals surface area contributed by atoms with E-state index >= 15 is 0 Å². The van der Waals surface area contributed by atoms with Gasteiger partial charge in [0.2, 0.25) is 0 Å². The van der Waals surface area contributed by atoms with Crippen LogP contribution < -0.4 is 5.56 Å². The van der Waals surface area contributed by atoms with Gasteiger partial charge in [-0.25, -0.2) is 9.50 Å².